The number of aromatic nitrogens is 4. The van der Waals surface area contributed by atoms with Gasteiger partial charge in [0.05, 0.1) is 0 Å². The molecule has 0 unspecified atom stereocenters. The third-order valence-corrected chi connectivity index (χ3v) is 2.93. The lowest BCUT2D eigenvalue weighted by atomic mass is 10.4. The van der Waals surface area contributed by atoms with Crippen LogP contribution in [0.4, 0.5) is 0 Å². The van der Waals surface area contributed by atoms with Crippen molar-refractivity contribution in [1.82, 2.24) is 19.5 Å². The van der Waals surface area contributed by atoms with E-state index in [2.05, 4.69) is 15.0 Å². The maximum absolute atomic E-state index is 11.6. The summed E-state index contributed by atoms with van der Waals surface area (Å²) < 4.78 is 1.63. The van der Waals surface area contributed by atoms with Crippen LogP contribution in [0.1, 0.15) is 12.8 Å². The first-order chi connectivity index (χ1) is 7.25. The lowest BCUT2D eigenvalue weighted by Gasteiger charge is -2.00. The van der Waals surface area contributed by atoms with Crippen molar-refractivity contribution in [2.24, 2.45) is 5.92 Å². The van der Waals surface area contributed by atoms with Gasteiger partial charge in [0, 0.05) is 6.54 Å². The molecule has 0 spiro atoms. The quantitative estimate of drug-likeness (QED) is 0.780. The summed E-state index contributed by atoms with van der Waals surface area (Å²) >= 11 is 5.95. The second-order valence-corrected chi connectivity index (χ2v) is 4.20. The van der Waals surface area contributed by atoms with E-state index in [0.717, 1.165) is 0 Å². The molecule has 0 amide bonds. The van der Waals surface area contributed by atoms with Gasteiger partial charge in [0.2, 0.25) is 0 Å². The molecular weight excluding hydrogens is 216 g/mol. The summed E-state index contributed by atoms with van der Waals surface area (Å²) in [5, 5.41) is 0.332. The maximum Gasteiger partial charge on any atom is 0.327 e. The van der Waals surface area contributed by atoms with Crippen LogP contribution < -0.4 is 5.69 Å². The molecule has 0 saturated heterocycles. The summed E-state index contributed by atoms with van der Waals surface area (Å²) in [5.74, 6) is 0.609. The van der Waals surface area contributed by atoms with Gasteiger partial charge in [-0.25, -0.2) is 14.8 Å². The molecule has 0 aromatic carbocycles. The first-order valence-corrected chi connectivity index (χ1v) is 5.22. The van der Waals surface area contributed by atoms with Gasteiger partial charge in [-0.2, -0.15) is 0 Å². The molecule has 6 heteroatoms. The Hall–Kier alpha value is -1.36. The standard InChI is InChI=1S/C9H9ClN4O/c10-7-6-8(12-4-11-7)13-9(15)14(6)3-5-1-2-5/h4-5H,1-3H2,(H,11,12,13,15). The molecule has 0 aliphatic heterocycles. The van der Waals surface area contributed by atoms with Crippen molar-refractivity contribution in [3.63, 3.8) is 0 Å². The van der Waals surface area contributed by atoms with E-state index < -0.39 is 0 Å². The van der Waals surface area contributed by atoms with Crippen molar-refractivity contribution in [3.05, 3.63) is 22.0 Å². The van der Waals surface area contributed by atoms with Crippen molar-refractivity contribution in [3.8, 4) is 0 Å². The monoisotopic (exact) mass is 224 g/mol. The summed E-state index contributed by atoms with van der Waals surface area (Å²) in [7, 11) is 0. The second-order valence-electron chi connectivity index (χ2n) is 3.85. The van der Waals surface area contributed by atoms with Crippen LogP contribution in [0.3, 0.4) is 0 Å². The molecule has 0 bridgehead atoms. The topological polar surface area (TPSA) is 63.6 Å². The SMILES string of the molecule is O=c1[nH]c2ncnc(Cl)c2n1CC1CC1. The molecule has 1 fully saturated rings. The molecular formula is C9H9ClN4O. The second kappa shape index (κ2) is 3.06. The van der Waals surface area contributed by atoms with Crippen molar-refractivity contribution >= 4 is 22.8 Å². The number of imidazole rings is 1. The van der Waals surface area contributed by atoms with Gasteiger partial charge in [0.1, 0.15) is 11.8 Å². The van der Waals surface area contributed by atoms with Gasteiger partial charge in [0.25, 0.3) is 0 Å². The van der Waals surface area contributed by atoms with Crippen LogP contribution in [0.5, 0.6) is 0 Å². The largest absolute Gasteiger partial charge is 0.327 e. The number of rotatable bonds is 2. The molecule has 78 valence electrons. The molecule has 5 nitrogen and oxygen atoms in total. The minimum absolute atomic E-state index is 0.153. The highest BCUT2D eigenvalue weighted by atomic mass is 35.5. The average Bonchev–Trinajstić information content (AvgIpc) is 2.93. The van der Waals surface area contributed by atoms with Crippen LogP contribution in [-0.2, 0) is 6.54 Å². The van der Waals surface area contributed by atoms with E-state index in [4.69, 9.17) is 11.6 Å². The number of nitrogens with zero attached hydrogens (tertiary/aromatic N) is 3. The van der Waals surface area contributed by atoms with Crippen LogP contribution >= 0.6 is 11.6 Å². The van der Waals surface area contributed by atoms with E-state index in [9.17, 15) is 4.79 Å². The Morgan fingerprint density at radius 1 is 1.53 bits per heavy atom. The van der Waals surface area contributed by atoms with E-state index >= 15 is 0 Å². The zero-order chi connectivity index (χ0) is 10.4. The molecule has 1 saturated carbocycles. The highest BCUT2D eigenvalue weighted by Crippen LogP contribution is 2.31. The van der Waals surface area contributed by atoms with Crippen LogP contribution in [0, 0.1) is 5.92 Å². The molecule has 15 heavy (non-hydrogen) atoms. The van der Waals surface area contributed by atoms with E-state index in [1.54, 1.807) is 4.57 Å². The van der Waals surface area contributed by atoms with Gasteiger partial charge < -0.3 is 0 Å². The summed E-state index contributed by atoms with van der Waals surface area (Å²) in [5.41, 5.74) is 0.982. The van der Waals surface area contributed by atoms with Crippen LogP contribution in [0.2, 0.25) is 5.15 Å². The summed E-state index contributed by atoms with van der Waals surface area (Å²) in [6, 6.07) is 0. The zero-order valence-electron chi connectivity index (χ0n) is 7.90. The van der Waals surface area contributed by atoms with Gasteiger partial charge in [-0.05, 0) is 18.8 Å². The van der Waals surface area contributed by atoms with Crippen LogP contribution in [0.15, 0.2) is 11.1 Å². The lowest BCUT2D eigenvalue weighted by molar-refractivity contribution is 0.624. The fourth-order valence-corrected chi connectivity index (χ4v) is 1.93. The highest BCUT2D eigenvalue weighted by Gasteiger charge is 2.24. The Labute approximate surface area is 90.1 Å². The summed E-state index contributed by atoms with van der Waals surface area (Å²) in [4.78, 5) is 22.2. The smallest absolute Gasteiger partial charge is 0.290 e. The highest BCUT2D eigenvalue weighted by molar-refractivity contribution is 6.33. The normalized spacial score (nSPS) is 16.1. The Morgan fingerprint density at radius 2 is 2.33 bits per heavy atom. The van der Waals surface area contributed by atoms with Crippen LogP contribution in [0.25, 0.3) is 11.2 Å². The van der Waals surface area contributed by atoms with Gasteiger partial charge in [0.15, 0.2) is 10.8 Å². The predicted octanol–water partition coefficient (Wildman–Crippen LogP) is 1.18. The minimum Gasteiger partial charge on any atom is -0.290 e. The Bertz CT molecular complexity index is 569. The molecule has 1 aliphatic rings. The Balaban J connectivity index is 2.24. The van der Waals surface area contributed by atoms with Crippen molar-refractivity contribution in [1.29, 1.82) is 0 Å². The van der Waals surface area contributed by atoms with Crippen molar-refractivity contribution in [2.45, 2.75) is 19.4 Å². The number of halogens is 1. The first-order valence-electron chi connectivity index (χ1n) is 4.84. The van der Waals surface area contributed by atoms with Crippen molar-refractivity contribution in [2.75, 3.05) is 0 Å². The number of H-pyrrole nitrogens is 1. The van der Waals surface area contributed by atoms with E-state index in [1.165, 1.54) is 19.2 Å². The van der Waals surface area contributed by atoms with E-state index in [-0.39, 0.29) is 5.69 Å². The Kier molecular flexibility index (Phi) is 1.82. The molecule has 3 rings (SSSR count). The van der Waals surface area contributed by atoms with Crippen LogP contribution in [-0.4, -0.2) is 19.5 Å². The lowest BCUT2D eigenvalue weighted by Crippen LogP contribution is -2.17. The first kappa shape index (κ1) is 8.91. The third kappa shape index (κ3) is 1.43. The van der Waals surface area contributed by atoms with Gasteiger partial charge in [-0.1, -0.05) is 11.6 Å². The summed E-state index contributed by atoms with van der Waals surface area (Å²) in [6.07, 6.45) is 3.72. The van der Waals surface area contributed by atoms with Gasteiger partial charge in [-0.3, -0.25) is 9.55 Å². The number of aromatic amines is 1. The molecule has 2 heterocycles. The summed E-state index contributed by atoms with van der Waals surface area (Å²) in [6.45, 7) is 0.714. The average molecular weight is 225 g/mol. The number of nitrogens with one attached hydrogen (secondary N) is 1. The molecule has 2 aromatic rings. The van der Waals surface area contributed by atoms with Gasteiger partial charge in [-0.15, -0.1) is 0 Å². The number of hydrogen-bond donors (Lipinski definition) is 1. The fourth-order valence-electron chi connectivity index (χ4n) is 1.69. The zero-order valence-corrected chi connectivity index (χ0v) is 8.66. The van der Waals surface area contributed by atoms with E-state index in [0.29, 0.717) is 28.8 Å². The molecule has 1 N–H and O–H groups in total. The maximum atomic E-state index is 11.6. The molecule has 1 aliphatic carbocycles. The fraction of sp³-hybridized carbons (Fsp3) is 0.444. The molecule has 0 radical (unpaired) electrons. The van der Waals surface area contributed by atoms with Crippen molar-refractivity contribution < 1.29 is 0 Å². The number of fused-ring (bicyclic) bond motifs is 1. The number of hydrogen-bond acceptors (Lipinski definition) is 3. The molecule has 0 atom stereocenters. The Morgan fingerprint density at radius 3 is 3.07 bits per heavy atom. The van der Waals surface area contributed by atoms with E-state index in [1.807, 2.05) is 0 Å². The predicted molar refractivity (Wildman–Crippen MR) is 55.9 cm³/mol. The van der Waals surface area contributed by atoms with Gasteiger partial charge >= 0.3 is 5.69 Å². The minimum atomic E-state index is -0.153. The third-order valence-electron chi connectivity index (χ3n) is 2.66. The molecule has 2 aromatic heterocycles.